The highest BCUT2D eigenvalue weighted by molar-refractivity contribution is 5.57. The lowest BCUT2D eigenvalue weighted by Gasteiger charge is -2.03. The molecule has 2 nitrogen and oxygen atoms in total. The fourth-order valence-corrected chi connectivity index (χ4v) is 1.48. The summed E-state index contributed by atoms with van der Waals surface area (Å²) in [5.41, 5.74) is 6.06. The first-order valence-corrected chi connectivity index (χ1v) is 6.05. The summed E-state index contributed by atoms with van der Waals surface area (Å²) < 4.78 is 0. The summed E-state index contributed by atoms with van der Waals surface area (Å²) in [4.78, 5) is 4.35. The Bertz CT molecular complexity index is 481. The molecule has 1 N–H and O–H groups in total. The third-order valence-corrected chi connectivity index (χ3v) is 2.43. The van der Waals surface area contributed by atoms with Crippen LogP contribution in [0.1, 0.15) is 13.8 Å². The number of likely N-dealkylation sites (N-methyl/N-ethyl adjacent to an activating group) is 1. The largest absolute Gasteiger partial charge is 0.389 e. The molecule has 0 saturated heterocycles. The molecule has 2 heteroatoms. The molecule has 1 unspecified atom stereocenters. The van der Waals surface area contributed by atoms with Gasteiger partial charge in [0.2, 0.25) is 0 Å². The van der Waals surface area contributed by atoms with E-state index in [9.17, 15) is 0 Å². The molecule has 0 aromatic heterocycles. The van der Waals surface area contributed by atoms with Crippen molar-refractivity contribution < 1.29 is 0 Å². The first-order chi connectivity index (χ1) is 8.65. The molecule has 18 heavy (non-hydrogen) atoms. The molecule has 0 saturated carbocycles. The Morgan fingerprint density at radius 3 is 3.00 bits per heavy atom. The molecule has 0 bridgehead atoms. The van der Waals surface area contributed by atoms with E-state index in [-0.39, 0.29) is 0 Å². The second-order valence-electron chi connectivity index (χ2n) is 4.07. The number of hydrogen-bond donors (Lipinski definition) is 1. The summed E-state index contributed by atoms with van der Waals surface area (Å²) in [6, 6.07) is 0. The predicted octanol–water partition coefficient (Wildman–Crippen LogP) is 3.54. The van der Waals surface area contributed by atoms with E-state index in [0.29, 0.717) is 5.92 Å². The van der Waals surface area contributed by atoms with E-state index >= 15 is 0 Å². The van der Waals surface area contributed by atoms with E-state index in [2.05, 4.69) is 35.6 Å². The Morgan fingerprint density at radius 1 is 1.56 bits per heavy atom. The standard InChI is InChI=1S/C16H20N2/c1-5-18-16-11-13(2)7-6-8-15(12-16)10-9-14(3)17-4/h5,7-13,17H,3H2,1-2,4H3/b10-9+,15-12+,16-11-,18-5?. The van der Waals surface area contributed by atoms with Gasteiger partial charge < -0.3 is 5.32 Å². The van der Waals surface area contributed by atoms with E-state index in [4.69, 9.17) is 0 Å². The molecule has 0 aliphatic heterocycles. The van der Waals surface area contributed by atoms with E-state index in [1.54, 1.807) is 6.21 Å². The zero-order valence-corrected chi connectivity index (χ0v) is 11.3. The number of nitrogens with one attached hydrogen (secondary N) is 1. The highest BCUT2D eigenvalue weighted by Crippen LogP contribution is 2.14. The molecular formula is C16H20N2. The third-order valence-electron chi connectivity index (χ3n) is 2.43. The fourth-order valence-electron chi connectivity index (χ4n) is 1.48. The maximum Gasteiger partial charge on any atom is 0.0597 e. The van der Waals surface area contributed by atoms with E-state index in [1.807, 2.05) is 44.4 Å². The van der Waals surface area contributed by atoms with Crippen LogP contribution in [0.3, 0.4) is 0 Å². The van der Waals surface area contributed by atoms with Crippen molar-refractivity contribution in [3.8, 4) is 0 Å². The van der Waals surface area contributed by atoms with Gasteiger partial charge in [0.05, 0.1) is 5.70 Å². The molecule has 94 valence electrons. The number of rotatable bonds is 4. The summed E-state index contributed by atoms with van der Waals surface area (Å²) in [5.74, 6) is 0.342. The van der Waals surface area contributed by atoms with Gasteiger partial charge in [-0.25, -0.2) is 0 Å². The molecule has 0 amide bonds. The van der Waals surface area contributed by atoms with Crippen LogP contribution >= 0.6 is 0 Å². The van der Waals surface area contributed by atoms with Crippen LogP contribution in [-0.2, 0) is 0 Å². The van der Waals surface area contributed by atoms with Crippen molar-refractivity contribution in [2.45, 2.75) is 13.8 Å². The summed E-state index contributed by atoms with van der Waals surface area (Å²) in [6.07, 6.45) is 13.9. The zero-order valence-electron chi connectivity index (χ0n) is 11.3. The summed E-state index contributed by atoms with van der Waals surface area (Å²) in [7, 11) is 1.85. The number of hydrogen-bond acceptors (Lipinski definition) is 2. The molecule has 0 spiro atoms. The van der Waals surface area contributed by atoms with E-state index < -0.39 is 0 Å². The summed E-state index contributed by atoms with van der Waals surface area (Å²) in [5, 5.41) is 2.98. The number of nitrogens with zero attached hydrogens (tertiary/aromatic N) is 1. The third kappa shape index (κ3) is 4.86. The van der Waals surface area contributed by atoms with Crippen LogP contribution in [0.2, 0.25) is 0 Å². The molecule has 0 aromatic rings. The minimum Gasteiger partial charge on any atom is -0.389 e. The summed E-state index contributed by atoms with van der Waals surface area (Å²) >= 11 is 0. The lowest BCUT2D eigenvalue weighted by molar-refractivity contribution is 0.928. The summed E-state index contributed by atoms with van der Waals surface area (Å²) in [6.45, 7) is 7.89. The van der Waals surface area contributed by atoms with Gasteiger partial charge in [-0.1, -0.05) is 25.7 Å². The van der Waals surface area contributed by atoms with Gasteiger partial charge in [0.15, 0.2) is 0 Å². The van der Waals surface area contributed by atoms with Crippen LogP contribution in [-0.4, -0.2) is 13.3 Å². The minimum atomic E-state index is 0.342. The van der Waals surface area contributed by atoms with Crippen LogP contribution in [0.5, 0.6) is 0 Å². The molecule has 1 aliphatic rings. The molecule has 0 heterocycles. The van der Waals surface area contributed by atoms with Gasteiger partial charge >= 0.3 is 0 Å². The van der Waals surface area contributed by atoms with Gasteiger partial charge in [0.25, 0.3) is 0 Å². The van der Waals surface area contributed by atoms with Gasteiger partial charge in [-0.2, -0.15) is 0 Å². The van der Waals surface area contributed by atoms with E-state index in [0.717, 1.165) is 17.0 Å². The molecule has 0 aromatic carbocycles. The highest BCUT2D eigenvalue weighted by Gasteiger charge is 1.98. The maximum atomic E-state index is 4.35. The Morgan fingerprint density at radius 2 is 2.33 bits per heavy atom. The first kappa shape index (κ1) is 14.0. The highest BCUT2D eigenvalue weighted by atomic mass is 14.8. The monoisotopic (exact) mass is 240 g/mol. The van der Waals surface area contributed by atoms with Crippen molar-refractivity contribution in [2.24, 2.45) is 10.9 Å². The molecular weight excluding hydrogens is 220 g/mol. The normalized spacial score (nSPS) is 25.4. The van der Waals surface area contributed by atoms with Gasteiger partial charge in [-0.15, -0.1) is 5.73 Å². The lowest BCUT2D eigenvalue weighted by atomic mass is 10.1. The average molecular weight is 240 g/mol. The fraction of sp³-hybridized carbons (Fsp3) is 0.250. The minimum absolute atomic E-state index is 0.342. The van der Waals surface area contributed by atoms with Crippen molar-refractivity contribution in [1.29, 1.82) is 0 Å². The van der Waals surface area contributed by atoms with Crippen LogP contribution in [0.4, 0.5) is 0 Å². The predicted molar refractivity (Wildman–Crippen MR) is 79.5 cm³/mol. The van der Waals surface area contributed by atoms with Crippen molar-refractivity contribution in [3.63, 3.8) is 0 Å². The topological polar surface area (TPSA) is 24.4 Å². The molecule has 1 atom stereocenters. The van der Waals surface area contributed by atoms with Gasteiger partial charge in [0.1, 0.15) is 0 Å². The number of allylic oxidation sites excluding steroid dienone is 6. The van der Waals surface area contributed by atoms with Crippen molar-refractivity contribution in [2.75, 3.05) is 7.05 Å². The van der Waals surface area contributed by atoms with Crippen molar-refractivity contribution in [1.82, 2.24) is 5.32 Å². The van der Waals surface area contributed by atoms with Crippen LogP contribution in [0.15, 0.2) is 70.7 Å². The van der Waals surface area contributed by atoms with Crippen LogP contribution in [0, 0.1) is 5.92 Å². The van der Waals surface area contributed by atoms with Crippen LogP contribution in [0.25, 0.3) is 0 Å². The molecule has 1 aliphatic carbocycles. The first-order valence-electron chi connectivity index (χ1n) is 6.05. The second kappa shape index (κ2) is 7.31. The molecule has 1 rings (SSSR count). The average Bonchev–Trinajstić information content (AvgIpc) is 2.33. The van der Waals surface area contributed by atoms with Gasteiger partial charge in [-0.05, 0) is 36.8 Å². The SMILES string of the molecule is C=C(/C=C/C1=C/C(N=CC)=C/C(C)C=C=C1)NC. The van der Waals surface area contributed by atoms with E-state index in [1.165, 1.54) is 0 Å². The quantitative estimate of drug-likeness (QED) is 0.454. The second-order valence-corrected chi connectivity index (χ2v) is 4.07. The molecule has 0 fully saturated rings. The smallest absolute Gasteiger partial charge is 0.0597 e. The Kier molecular flexibility index (Phi) is 5.69. The number of aliphatic imine (C=N–C) groups is 1. The van der Waals surface area contributed by atoms with Gasteiger partial charge in [0, 0.05) is 24.9 Å². The Balaban J connectivity index is 3.02. The zero-order chi connectivity index (χ0) is 13.4. The Labute approximate surface area is 110 Å². The maximum absolute atomic E-state index is 4.35. The lowest BCUT2D eigenvalue weighted by Crippen LogP contribution is -2.00. The van der Waals surface area contributed by atoms with Gasteiger partial charge in [-0.3, -0.25) is 4.99 Å². The van der Waals surface area contributed by atoms with Crippen molar-refractivity contribution >= 4 is 6.21 Å². The van der Waals surface area contributed by atoms with Crippen molar-refractivity contribution in [3.05, 3.63) is 65.7 Å². The van der Waals surface area contributed by atoms with Crippen LogP contribution < -0.4 is 5.32 Å². The molecule has 0 radical (unpaired) electrons. The Hall–Kier alpha value is -2.05.